The minimum absolute atomic E-state index is 0.0871. The van der Waals surface area contributed by atoms with Crippen molar-refractivity contribution in [1.82, 2.24) is 4.90 Å². The fourth-order valence-electron chi connectivity index (χ4n) is 4.11. The summed E-state index contributed by atoms with van der Waals surface area (Å²) in [4.78, 5) is 15.0. The molecule has 3 aliphatic heterocycles. The van der Waals surface area contributed by atoms with Crippen LogP contribution in [0.15, 0.2) is 24.3 Å². The van der Waals surface area contributed by atoms with Crippen molar-refractivity contribution in [2.45, 2.75) is 43.9 Å². The second kappa shape index (κ2) is 5.89. The van der Waals surface area contributed by atoms with Gasteiger partial charge in [0.2, 0.25) is 5.91 Å². The molecular formula is C18H24N2O3. The van der Waals surface area contributed by atoms with E-state index in [1.807, 2.05) is 18.2 Å². The van der Waals surface area contributed by atoms with Gasteiger partial charge in [0.05, 0.1) is 18.8 Å². The standard InChI is InChI=1S/C18H24N2O3/c1-13-18(8-10-22-13)12-20(9-11-23-18)16-7-6-14-4-2-3-5-15(14)19-17(16)21/h2-5,13,16H,6-12H2,1H3,(H,19,21)/t13-,16-,18+/m0/s1. The molecule has 1 spiro atoms. The molecule has 0 radical (unpaired) electrons. The van der Waals surface area contributed by atoms with Crippen LogP contribution in [0.25, 0.3) is 0 Å². The van der Waals surface area contributed by atoms with Gasteiger partial charge in [-0.05, 0) is 31.4 Å². The lowest BCUT2D eigenvalue weighted by Crippen LogP contribution is -2.59. The number of ether oxygens (including phenoxy) is 2. The van der Waals surface area contributed by atoms with Crippen LogP contribution in [-0.2, 0) is 20.7 Å². The molecule has 1 N–H and O–H groups in total. The summed E-state index contributed by atoms with van der Waals surface area (Å²) in [6.45, 7) is 5.09. The van der Waals surface area contributed by atoms with E-state index in [1.54, 1.807) is 0 Å². The number of benzene rings is 1. The molecule has 4 rings (SSSR count). The van der Waals surface area contributed by atoms with E-state index in [4.69, 9.17) is 9.47 Å². The first kappa shape index (κ1) is 15.1. The lowest BCUT2D eigenvalue weighted by molar-refractivity contribution is -0.150. The topological polar surface area (TPSA) is 50.8 Å². The molecule has 0 aliphatic carbocycles. The van der Waals surface area contributed by atoms with Gasteiger partial charge in [0.15, 0.2) is 0 Å². The highest BCUT2D eigenvalue weighted by molar-refractivity contribution is 5.96. The monoisotopic (exact) mass is 316 g/mol. The van der Waals surface area contributed by atoms with E-state index in [-0.39, 0.29) is 23.7 Å². The Morgan fingerprint density at radius 3 is 3.00 bits per heavy atom. The zero-order valence-electron chi connectivity index (χ0n) is 13.6. The fourth-order valence-corrected chi connectivity index (χ4v) is 4.11. The number of anilines is 1. The van der Waals surface area contributed by atoms with E-state index in [9.17, 15) is 4.79 Å². The Balaban J connectivity index is 1.53. The highest BCUT2D eigenvalue weighted by Gasteiger charge is 2.48. The summed E-state index contributed by atoms with van der Waals surface area (Å²) in [7, 11) is 0. The van der Waals surface area contributed by atoms with Gasteiger partial charge < -0.3 is 14.8 Å². The Kier molecular flexibility index (Phi) is 3.87. The van der Waals surface area contributed by atoms with Gasteiger partial charge in [0.1, 0.15) is 5.60 Å². The van der Waals surface area contributed by atoms with E-state index in [1.165, 1.54) is 5.56 Å². The number of hydrogen-bond acceptors (Lipinski definition) is 4. The van der Waals surface area contributed by atoms with Crippen molar-refractivity contribution in [3.05, 3.63) is 29.8 Å². The minimum Gasteiger partial charge on any atom is -0.375 e. The number of hydrogen-bond donors (Lipinski definition) is 1. The molecule has 0 unspecified atom stereocenters. The SMILES string of the molecule is C[C@@H]1OCC[C@@]12CN([C@H]1CCc3ccccc3NC1=O)CCO2. The highest BCUT2D eigenvalue weighted by Crippen LogP contribution is 2.35. The maximum atomic E-state index is 12.7. The summed E-state index contributed by atoms with van der Waals surface area (Å²) in [6, 6.07) is 8.01. The Morgan fingerprint density at radius 2 is 2.17 bits per heavy atom. The zero-order valence-corrected chi connectivity index (χ0v) is 13.6. The second-order valence-corrected chi connectivity index (χ2v) is 6.85. The molecule has 2 fully saturated rings. The Labute approximate surface area is 136 Å². The number of nitrogens with zero attached hydrogens (tertiary/aromatic N) is 1. The predicted molar refractivity (Wildman–Crippen MR) is 87.5 cm³/mol. The van der Waals surface area contributed by atoms with Gasteiger partial charge in [-0.25, -0.2) is 0 Å². The number of rotatable bonds is 1. The number of para-hydroxylation sites is 1. The van der Waals surface area contributed by atoms with E-state index in [2.05, 4.69) is 23.2 Å². The number of morpholine rings is 1. The average Bonchev–Trinajstić information content (AvgIpc) is 2.80. The van der Waals surface area contributed by atoms with E-state index >= 15 is 0 Å². The molecule has 5 nitrogen and oxygen atoms in total. The van der Waals surface area contributed by atoms with Gasteiger partial charge >= 0.3 is 0 Å². The van der Waals surface area contributed by atoms with Crippen LogP contribution < -0.4 is 5.32 Å². The Hall–Kier alpha value is -1.43. The maximum Gasteiger partial charge on any atom is 0.241 e. The summed E-state index contributed by atoms with van der Waals surface area (Å²) in [5.74, 6) is 0.110. The highest BCUT2D eigenvalue weighted by atomic mass is 16.6. The normalized spacial score (nSPS) is 34.9. The molecule has 3 aliphatic rings. The molecule has 3 heterocycles. The fraction of sp³-hybridized carbons (Fsp3) is 0.611. The molecule has 5 heteroatoms. The molecule has 0 saturated carbocycles. The number of fused-ring (bicyclic) bond motifs is 1. The van der Waals surface area contributed by atoms with Crippen molar-refractivity contribution in [1.29, 1.82) is 0 Å². The van der Waals surface area contributed by atoms with Crippen LogP contribution in [-0.4, -0.2) is 54.9 Å². The van der Waals surface area contributed by atoms with Gasteiger partial charge in [-0.15, -0.1) is 0 Å². The van der Waals surface area contributed by atoms with Crippen molar-refractivity contribution in [2.75, 3.05) is 31.6 Å². The number of nitrogens with one attached hydrogen (secondary N) is 1. The molecule has 1 aromatic carbocycles. The minimum atomic E-state index is -0.238. The number of carbonyl (C=O) groups excluding carboxylic acids is 1. The van der Waals surface area contributed by atoms with Crippen LogP contribution in [0.4, 0.5) is 5.69 Å². The van der Waals surface area contributed by atoms with Crippen LogP contribution >= 0.6 is 0 Å². The first-order valence-corrected chi connectivity index (χ1v) is 8.56. The molecular weight excluding hydrogens is 292 g/mol. The Bertz CT molecular complexity index is 606. The molecule has 23 heavy (non-hydrogen) atoms. The van der Waals surface area contributed by atoms with Gasteiger partial charge in [0.25, 0.3) is 0 Å². The van der Waals surface area contributed by atoms with Gasteiger partial charge in [0, 0.05) is 31.8 Å². The van der Waals surface area contributed by atoms with Crippen LogP contribution in [0.5, 0.6) is 0 Å². The largest absolute Gasteiger partial charge is 0.375 e. The molecule has 0 aromatic heterocycles. The summed E-state index contributed by atoms with van der Waals surface area (Å²) in [5, 5.41) is 3.11. The van der Waals surface area contributed by atoms with Crippen LogP contribution in [0, 0.1) is 0 Å². The smallest absolute Gasteiger partial charge is 0.241 e. The first-order chi connectivity index (χ1) is 11.2. The summed E-state index contributed by atoms with van der Waals surface area (Å²) in [6.07, 6.45) is 2.79. The molecule has 124 valence electrons. The van der Waals surface area contributed by atoms with Crippen molar-refractivity contribution in [3.63, 3.8) is 0 Å². The van der Waals surface area contributed by atoms with Gasteiger partial charge in [-0.1, -0.05) is 18.2 Å². The molecule has 1 aromatic rings. The van der Waals surface area contributed by atoms with Crippen molar-refractivity contribution < 1.29 is 14.3 Å². The summed E-state index contributed by atoms with van der Waals surface area (Å²) in [5.41, 5.74) is 1.95. The van der Waals surface area contributed by atoms with Crippen molar-refractivity contribution in [2.24, 2.45) is 0 Å². The van der Waals surface area contributed by atoms with E-state index in [0.29, 0.717) is 6.61 Å². The summed E-state index contributed by atoms with van der Waals surface area (Å²) < 4.78 is 11.8. The van der Waals surface area contributed by atoms with Crippen LogP contribution in [0.3, 0.4) is 0 Å². The molecule has 2 saturated heterocycles. The van der Waals surface area contributed by atoms with Crippen molar-refractivity contribution in [3.8, 4) is 0 Å². The molecule has 1 amide bonds. The van der Waals surface area contributed by atoms with Crippen molar-refractivity contribution >= 4 is 11.6 Å². The number of carbonyl (C=O) groups is 1. The lowest BCUT2D eigenvalue weighted by Gasteiger charge is -2.44. The van der Waals surface area contributed by atoms with Gasteiger partial charge in [-0.2, -0.15) is 0 Å². The third-order valence-corrected chi connectivity index (χ3v) is 5.58. The van der Waals surface area contributed by atoms with Crippen LogP contribution in [0.1, 0.15) is 25.3 Å². The molecule has 0 bridgehead atoms. The zero-order chi connectivity index (χ0) is 15.9. The van der Waals surface area contributed by atoms with Gasteiger partial charge in [-0.3, -0.25) is 9.69 Å². The lowest BCUT2D eigenvalue weighted by atomic mass is 9.92. The quantitative estimate of drug-likeness (QED) is 0.859. The maximum absolute atomic E-state index is 12.7. The first-order valence-electron chi connectivity index (χ1n) is 8.56. The number of amides is 1. The Morgan fingerprint density at radius 1 is 1.30 bits per heavy atom. The molecule has 3 atom stereocenters. The van der Waals surface area contributed by atoms with E-state index in [0.717, 1.165) is 44.6 Å². The third-order valence-electron chi connectivity index (χ3n) is 5.58. The average molecular weight is 316 g/mol. The summed E-state index contributed by atoms with van der Waals surface area (Å²) >= 11 is 0. The number of aryl methyl sites for hydroxylation is 1. The third kappa shape index (κ3) is 2.67. The van der Waals surface area contributed by atoms with Crippen LogP contribution in [0.2, 0.25) is 0 Å². The van der Waals surface area contributed by atoms with E-state index < -0.39 is 0 Å². The predicted octanol–water partition coefficient (Wildman–Crippen LogP) is 1.82. The second-order valence-electron chi connectivity index (χ2n) is 6.85.